The minimum Gasteiger partial charge on any atom is -0.314 e. The summed E-state index contributed by atoms with van der Waals surface area (Å²) in [5.41, 5.74) is 2.95. The Morgan fingerprint density at radius 1 is 1.14 bits per heavy atom. The van der Waals surface area contributed by atoms with Crippen molar-refractivity contribution in [2.24, 2.45) is 0 Å². The van der Waals surface area contributed by atoms with Gasteiger partial charge in [0.1, 0.15) is 11.8 Å². The molecule has 0 saturated carbocycles. The van der Waals surface area contributed by atoms with Crippen molar-refractivity contribution in [3.8, 4) is 0 Å². The fourth-order valence-electron chi connectivity index (χ4n) is 2.54. The number of imidazole rings is 1. The van der Waals surface area contributed by atoms with Gasteiger partial charge in [-0.3, -0.25) is 0 Å². The van der Waals surface area contributed by atoms with Gasteiger partial charge >= 0.3 is 0 Å². The van der Waals surface area contributed by atoms with Crippen LogP contribution in [0.4, 0.5) is 0 Å². The lowest BCUT2D eigenvalue weighted by molar-refractivity contribution is 0.273. The molecule has 0 spiro atoms. The van der Waals surface area contributed by atoms with Crippen LogP contribution in [0.3, 0.4) is 0 Å². The summed E-state index contributed by atoms with van der Waals surface area (Å²) >= 11 is 0. The molecule has 2 heterocycles. The van der Waals surface area contributed by atoms with E-state index in [4.69, 9.17) is 0 Å². The van der Waals surface area contributed by atoms with Gasteiger partial charge in [-0.25, -0.2) is 15.0 Å². The van der Waals surface area contributed by atoms with Gasteiger partial charge in [0.2, 0.25) is 0 Å². The van der Waals surface area contributed by atoms with Gasteiger partial charge in [-0.15, -0.1) is 0 Å². The molecule has 2 rings (SSSR count). The van der Waals surface area contributed by atoms with E-state index >= 15 is 0 Å². The standard InChI is InChI=1S/C16H27N5/c1-5-7-8-20(6-2)9-10-21-12-19-15-14(13(3)4)17-11-18-16(15)21/h11-13H,5-10H2,1-4H3. The third kappa shape index (κ3) is 3.79. The molecule has 0 aliphatic rings. The molecule has 0 aliphatic carbocycles. The SMILES string of the molecule is CCCCN(CC)CCn1cnc2c(C(C)C)ncnc21. The zero-order valence-corrected chi connectivity index (χ0v) is 13.7. The van der Waals surface area contributed by atoms with E-state index in [-0.39, 0.29) is 0 Å². The average molecular weight is 289 g/mol. The Hall–Kier alpha value is -1.49. The molecule has 0 N–H and O–H groups in total. The fraction of sp³-hybridized carbons (Fsp3) is 0.688. The molecule has 0 aromatic carbocycles. The maximum absolute atomic E-state index is 4.53. The summed E-state index contributed by atoms with van der Waals surface area (Å²) in [7, 11) is 0. The molecule has 0 amide bonds. The van der Waals surface area contributed by atoms with Crippen molar-refractivity contribution in [1.29, 1.82) is 0 Å². The average Bonchev–Trinajstić information content (AvgIpc) is 2.90. The molecule has 0 radical (unpaired) electrons. The van der Waals surface area contributed by atoms with Crippen LogP contribution in [0.15, 0.2) is 12.7 Å². The summed E-state index contributed by atoms with van der Waals surface area (Å²) in [4.78, 5) is 15.8. The molecule has 5 nitrogen and oxygen atoms in total. The third-order valence-electron chi connectivity index (χ3n) is 3.91. The first-order chi connectivity index (χ1) is 10.2. The summed E-state index contributed by atoms with van der Waals surface area (Å²) in [5, 5.41) is 0. The minimum absolute atomic E-state index is 0.371. The summed E-state index contributed by atoms with van der Waals surface area (Å²) in [6, 6.07) is 0. The summed E-state index contributed by atoms with van der Waals surface area (Å²) in [6.07, 6.45) is 6.07. The number of aromatic nitrogens is 4. The number of fused-ring (bicyclic) bond motifs is 1. The molecule has 0 aliphatic heterocycles. The highest BCUT2D eigenvalue weighted by Gasteiger charge is 2.13. The second-order valence-electron chi connectivity index (χ2n) is 5.81. The van der Waals surface area contributed by atoms with E-state index in [9.17, 15) is 0 Å². The molecular weight excluding hydrogens is 262 g/mol. The van der Waals surface area contributed by atoms with Gasteiger partial charge in [-0.05, 0) is 25.4 Å². The quantitative estimate of drug-likeness (QED) is 0.749. The van der Waals surface area contributed by atoms with Crippen LogP contribution in [0.5, 0.6) is 0 Å². The van der Waals surface area contributed by atoms with Crippen molar-refractivity contribution in [2.45, 2.75) is 53.0 Å². The first-order valence-electron chi connectivity index (χ1n) is 8.05. The van der Waals surface area contributed by atoms with Crippen molar-refractivity contribution in [3.05, 3.63) is 18.3 Å². The van der Waals surface area contributed by atoms with E-state index in [1.165, 1.54) is 19.4 Å². The Kier molecular flexibility index (Phi) is 5.67. The predicted molar refractivity (Wildman–Crippen MR) is 86.4 cm³/mol. The Balaban J connectivity index is 2.11. The van der Waals surface area contributed by atoms with Crippen molar-refractivity contribution < 1.29 is 0 Å². The maximum atomic E-state index is 4.53. The normalized spacial score (nSPS) is 11.9. The van der Waals surface area contributed by atoms with Crippen LogP contribution >= 0.6 is 0 Å². The van der Waals surface area contributed by atoms with Crippen LogP contribution < -0.4 is 0 Å². The lowest BCUT2D eigenvalue weighted by Gasteiger charge is -2.20. The number of hydrogen-bond donors (Lipinski definition) is 0. The largest absolute Gasteiger partial charge is 0.314 e. The highest BCUT2D eigenvalue weighted by Crippen LogP contribution is 2.20. The van der Waals surface area contributed by atoms with Crippen LogP contribution in [-0.4, -0.2) is 44.1 Å². The smallest absolute Gasteiger partial charge is 0.163 e. The first kappa shape index (κ1) is 15.9. The minimum atomic E-state index is 0.371. The highest BCUT2D eigenvalue weighted by atomic mass is 15.2. The number of hydrogen-bond acceptors (Lipinski definition) is 4. The van der Waals surface area contributed by atoms with E-state index in [2.05, 4.69) is 52.1 Å². The second-order valence-corrected chi connectivity index (χ2v) is 5.81. The fourth-order valence-corrected chi connectivity index (χ4v) is 2.54. The molecule has 5 heteroatoms. The highest BCUT2D eigenvalue weighted by molar-refractivity contribution is 5.73. The van der Waals surface area contributed by atoms with Crippen LogP contribution in [0, 0.1) is 0 Å². The Labute approximate surface area is 127 Å². The predicted octanol–water partition coefficient (Wildman–Crippen LogP) is 3.07. The van der Waals surface area contributed by atoms with Crippen LogP contribution in [0.25, 0.3) is 11.2 Å². The molecule has 2 aromatic rings. The van der Waals surface area contributed by atoms with Gasteiger partial charge in [-0.2, -0.15) is 0 Å². The van der Waals surface area contributed by atoms with Crippen LogP contribution in [-0.2, 0) is 6.54 Å². The molecule has 0 saturated heterocycles. The summed E-state index contributed by atoms with van der Waals surface area (Å²) in [6.45, 7) is 13.0. The molecule has 0 bridgehead atoms. The monoisotopic (exact) mass is 289 g/mol. The zero-order valence-electron chi connectivity index (χ0n) is 13.7. The van der Waals surface area contributed by atoms with Crippen molar-refractivity contribution >= 4 is 11.2 Å². The molecule has 2 aromatic heterocycles. The molecule has 0 unspecified atom stereocenters. The second kappa shape index (κ2) is 7.50. The van der Waals surface area contributed by atoms with Gasteiger partial charge in [0.25, 0.3) is 0 Å². The van der Waals surface area contributed by atoms with Gasteiger partial charge in [0.15, 0.2) is 5.65 Å². The molecule has 21 heavy (non-hydrogen) atoms. The lowest BCUT2D eigenvalue weighted by Crippen LogP contribution is -2.28. The van der Waals surface area contributed by atoms with E-state index in [1.54, 1.807) is 6.33 Å². The molecule has 0 atom stereocenters. The van der Waals surface area contributed by atoms with Crippen LogP contribution in [0.2, 0.25) is 0 Å². The summed E-state index contributed by atoms with van der Waals surface area (Å²) in [5.74, 6) is 0.371. The van der Waals surface area contributed by atoms with E-state index in [0.717, 1.165) is 36.5 Å². The number of likely N-dealkylation sites (N-methyl/N-ethyl adjacent to an activating group) is 1. The molecule has 116 valence electrons. The molecule has 0 fully saturated rings. The first-order valence-corrected chi connectivity index (χ1v) is 8.05. The van der Waals surface area contributed by atoms with E-state index in [0.29, 0.717) is 5.92 Å². The van der Waals surface area contributed by atoms with Gasteiger partial charge < -0.3 is 9.47 Å². The Morgan fingerprint density at radius 3 is 2.62 bits per heavy atom. The molecular formula is C16H27N5. The lowest BCUT2D eigenvalue weighted by atomic mass is 10.1. The van der Waals surface area contributed by atoms with Crippen molar-refractivity contribution in [3.63, 3.8) is 0 Å². The van der Waals surface area contributed by atoms with E-state index in [1.807, 2.05) is 6.33 Å². The van der Waals surface area contributed by atoms with Crippen molar-refractivity contribution in [2.75, 3.05) is 19.6 Å². The van der Waals surface area contributed by atoms with Gasteiger partial charge in [-0.1, -0.05) is 34.1 Å². The van der Waals surface area contributed by atoms with Gasteiger partial charge in [0.05, 0.1) is 12.0 Å². The number of rotatable bonds is 8. The Morgan fingerprint density at radius 2 is 1.95 bits per heavy atom. The number of unbranched alkanes of at least 4 members (excludes halogenated alkanes) is 1. The maximum Gasteiger partial charge on any atom is 0.163 e. The van der Waals surface area contributed by atoms with Crippen LogP contribution in [0.1, 0.15) is 52.1 Å². The zero-order chi connectivity index (χ0) is 15.2. The summed E-state index contributed by atoms with van der Waals surface area (Å²) < 4.78 is 2.15. The third-order valence-corrected chi connectivity index (χ3v) is 3.91. The number of nitrogens with zero attached hydrogens (tertiary/aromatic N) is 5. The van der Waals surface area contributed by atoms with E-state index < -0.39 is 0 Å². The Bertz CT molecular complexity index is 561. The van der Waals surface area contributed by atoms with Gasteiger partial charge in [0, 0.05) is 13.1 Å². The van der Waals surface area contributed by atoms with Crippen molar-refractivity contribution in [1.82, 2.24) is 24.4 Å². The topological polar surface area (TPSA) is 46.8 Å².